The zero-order valence-electron chi connectivity index (χ0n) is 12.3. The second-order valence-electron chi connectivity index (χ2n) is 4.96. The van der Waals surface area contributed by atoms with Crippen molar-refractivity contribution < 1.29 is 18.7 Å². The maximum atomic E-state index is 13.3. The van der Waals surface area contributed by atoms with Crippen molar-refractivity contribution in [3.63, 3.8) is 0 Å². The first kappa shape index (κ1) is 15.7. The Kier molecular flexibility index (Phi) is 4.25. The van der Waals surface area contributed by atoms with E-state index < -0.39 is 23.3 Å². The van der Waals surface area contributed by atoms with Crippen LogP contribution in [0.1, 0.15) is 16.1 Å². The average molecular weight is 307 g/mol. The molecular weight excluding hydrogens is 292 g/mol. The Labute approximate surface area is 126 Å². The van der Waals surface area contributed by atoms with Gasteiger partial charge in [0.15, 0.2) is 23.2 Å². The van der Waals surface area contributed by atoms with Crippen LogP contribution in [0.25, 0.3) is 0 Å². The van der Waals surface area contributed by atoms with Crippen molar-refractivity contribution in [3.8, 4) is 5.75 Å². The minimum absolute atomic E-state index is 0.238. The first-order chi connectivity index (χ1) is 10.3. The first-order valence-corrected chi connectivity index (χ1v) is 6.44. The molecule has 2 rings (SSSR count). The lowest BCUT2D eigenvalue weighted by Gasteiger charge is -2.17. The number of anilines is 2. The Morgan fingerprint density at radius 1 is 1.23 bits per heavy atom. The van der Waals surface area contributed by atoms with Gasteiger partial charge in [0.2, 0.25) is 0 Å². The van der Waals surface area contributed by atoms with Crippen LogP contribution in [0.2, 0.25) is 0 Å². The molecule has 1 amide bonds. The van der Waals surface area contributed by atoms with Gasteiger partial charge in [-0.05, 0) is 31.2 Å². The first-order valence-electron chi connectivity index (χ1n) is 6.44. The fourth-order valence-electron chi connectivity index (χ4n) is 1.87. The number of phenols is 1. The number of hydrogen-bond acceptors (Lipinski definition) is 4. The Morgan fingerprint density at radius 2 is 1.82 bits per heavy atom. The lowest BCUT2D eigenvalue weighted by molar-refractivity contribution is 0.102. The minimum atomic E-state index is -1.19. The largest absolute Gasteiger partial charge is 0.503 e. The van der Waals surface area contributed by atoms with Crippen LogP contribution in [-0.2, 0) is 0 Å². The van der Waals surface area contributed by atoms with E-state index >= 15 is 0 Å². The number of carbonyl (C=O) groups excluding carboxylic acids is 1. The summed E-state index contributed by atoms with van der Waals surface area (Å²) in [6.07, 6.45) is 0. The lowest BCUT2D eigenvalue weighted by atomic mass is 10.2. The molecule has 1 aromatic heterocycles. The van der Waals surface area contributed by atoms with E-state index in [0.717, 1.165) is 17.8 Å². The Balaban J connectivity index is 2.34. The number of hydrogen-bond donors (Lipinski definition) is 2. The van der Waals surface area contributed by atoms with Crippen LogP contribution in [0.3, 0.4) is 0 Å². The van der Waals surface area contributed by atoms with Gasteiger partial charge in [-0.25, -0.2) is 13.8 Å². The number of nitrogens with one attached hydrogen (secondary N) is 1. The highest BCUT2D eigenvalue weighted by atomic mass is 19.1. The third kappa shape index (κ3) is 3.13. The summed E-state index contributed by atoms with van der Waals surface area (Å²) < 4.78 is 26.6. The van der Waals surface area contributed by atoms with E-state index in [2.05, 4.69) is 10.3 Å². The number of carbonyl (C=O) groups is 1. The number of benzene rings is 1. The zero-order chi connectivity index (χ0) is 16.4. The highest BCUT2D eigenvalue weighted by Crippen LogP contribution is 2.25. The van der Waals surface area contributed by atoms with Crippen LogP contribution >= 0.6 is 0 Å². The number of aryl methyl sites for hydroxylation is 1. The molecule has 0 aliphatic heterocycles. The predicted octanol–water partition coefficient (Wildman–Crippen LogP) is 2.69. The van der Waals surface area contributed by atoms with Crippen molar-refractivity contribution in [2.24, 2.45) is 0 Å². The van der Waals surface area contributed by atoms with Crippen molar-refractivity contribution in [3.05, 3.63) is 47.2 Å². The smallest absolute Gasteiger partial charge is 0.255 e. The number of aromatic nitrogens is 1. The number of nitrogens with zero attached hydrogens (tertiary/aromatic N) is 2. The molecule has 1 heterocycles. The van der Waals surface area contributed by atoms with E-state index in [1.165, 1.54) is 0 Å². The summed E-state index contributed by atoms with van der Waals surface area (Å²) in [4.78, 5) is 18.1. The van der Waals surface area contributed by atoms with Crippen LogP contribution in [0.4, 0.5) is 20.3 Å². The van der Waals surface area contributed by atoms with Crippen LogP contribution < -0.4 is 10.2 Å². The zero-order valence-corrected chi connectivity index (χ0v) is 12.3. The Bertz CT molecular complexity index is 710. The van der Waals surface area contributed by atoms with Crippen molar-refractivity contribution in [1.29, 1.82) is 0 Å². The molecular formula is C15H15F2N3O2. The van der Waals surface area contributed by atoms with Crippen LogP contribution in [0.5, 0.6) is 5.75 Å². The van der Waals surface area contributed by atoms with E-state index in [4.69, 9.17) is 5.11 Å². The van der Waals surface area contributed by atoms with E-state index in [1.807, 2.05) is 6.92 Å². The quantitative estimate of drug-likeness (QED) is 0.915. The van der Waals surface area contributed by atoms with Gasteiger partial charge in [0.1, 0.15) is 0 Å². The van der Waals surface area contributed by atoms with Crippen LogP contribution in [0, 0.1) is 18.6 Å². The van der Waals surface area contributed by atoms with Gasteiger partial charge in [-0.1, -0.05) is 0 Å². The Morgan fingerprint density at radius 3 is 2.36 bits per heavy atom. The second kappa shape index (κ2) is 5.97. The molecule has 5 nitrogen and oxygen atoms in total. The van der Waals surface area contributed by atoms with Gasteiger partial charge in [0.05, 0.1) is 5.69 Å². The van der Waals surface area contributed by atoms with Crippen molar-refractivity contribution in [2.75, 3.05) is 24.3 Å². The second-order valence-corrected chi connectivity index (χ2v) is 4.96. The van der Waals surface area contributed by atoms with E-state index in [9.17, 15) is 13.6 Å². The number of amides is 1. The summed E-state index contributed by atoms with van der Waals surface area (Å²) in [5.41, 5.74) is 0.941. The molecule has 0 unspecified atom stereocenters. The summed E-state index contributed by atoms with van der Waals surface area (Å²) in [7, 11) is 3.52. The molecule has 0 radical (unpaired) electrons. The molecule has 0 saturated heterocycles. The highest BCUT2D eigenvalue weighted by Gasteiger charge is 2.16. The van der Waals surface area contributed by atoms with Gasteiger partial charge < -0.3 is 15.3 Å². The van der Waals surface area contributed by atoms with E-state index in [0.29, 0.717) is 11.5 Å². The fraction of sp³-hybridized carbons (Fsp3) is 0.200. The maximum Gasteiger partial charge on any atom is 0.255 e. The number of rotatable bonds is 3. The van der Waals surface area contributed by atoms with Crippen molar-refractivity contribution >= 4 is 17.4 Å². The van der Waals surface area contributed by atoms with Gasteiger partial charge in [0.25, 0.3) is 5.91 Å². The molecule has 0 aliphatic carbocycles. The molecule has 0 bridgehead atoms. The fourth-order valence-corrected chi connectivity index (χ4v) is 1.87. The average Bonchev–Trinajstić information content (AvgIpc) is 2.45. The SMILES string of the molecule is Cc1ccc(NC(=O)c2cc(F)c(O)c(F)c2)c(N(C)C)n1. The maximum absolute atomic E-state index is 13.3. The minimum Gasteiger partial charge on any atom is -0.503 e. The van der Waals surface area contributed by atoms with Gasteiger partial charge >= 0.3 is 0 Å². The molecule has 0 fully saturated rings. The van der Waals surface area contributed by atoms with Crippen LogP contribution in [-0.4, -0.2) is 30.1 Å². The third-order valence-electron chi connectivity index (χ3n) is 2.97. The third-order valence-corrected chi connectivity index (χ3v) is 2.97. The normalized spacial score (nSPS) is 10.4. The Hall–Kier alpha value is -2.70. The van der Waals surface area contributed by atoms with Gasteiger partial charge in [-0.3, -0.25) is 4.79 Å². The highest BCUT2D eigenvalue weighted by molar-refractivity contribution is 6.05. The topological polar surface area (TPSA) is 65.5 Å². The summed E-state index contributed by atoms with van der Waals surface area (Å²) in [6, 6.07) is 4.90. The van der Waals surface area contributed by atoms with Gasteiger partial charge in [-0.15, -0.1) is 0 Å². The number of phenolic OH excluding ortho intramolecular Hbond substituents is 1. The molecule has 7 heteroatoms. The van der Waals surface area contributed by atoms with Gasteiger partial charge in [-0.2, -0.15) is 0 Å². The standard InChI is InChI=1S/C15H15F2N3O2/c1-8-4-5-12(14(18-8)20(2)3)19-15(22)9-6-10(16)13(21)11(17)7-9/h4-7,21H,1-3H3,(H,19,22). The molecule has 0 spiro atoms. The van der Waals surface area contributed by atoms with Crippen molar-refractivity contribution in [2.45, 2.75) is 6.92 Å². The molecule has 0 atom stereocenters. The summed E-state index contributed by atoms with van der Waals surface area (Å²) >= 11 is 0. The van der Waals surface area contributed by atoms with E-state index in [1.54, 1.807) is 31.1 Å². The molecule has 0 aliphatic rings. The number of pyridine rings is 1. The van der Waals surface area contributed by atoms with Crippen molar-refractivity contribution in [1.82, 2.24) is 4.98 Å². The van der Waals surface area contributed by atoms with Gasteiger partial charge in [0, 0.05) is 25.4 Å². The van der Waals surface area contributed by atoms with E-state index in [-0.39, 0.29) is 5.56 Å². The summed E-state index contributed by atoms with van der Waals surface area (Å²) in [5.74, 6) is -3.68. The number of halogens is 2. The monoisotopic (exact) mass is 307 g/mol. The van der Waals surface area contributed by atoms with Crippen LogP contribution in [0.15, 0.2) is 24.3 Å². The molecule has 2 aromatic rings. The molecule has 0 saturated carbocycles. The summed E-state index contributed by atoms with van der Waals surface area (Å²) in [5, 5.41) is 11.6. The molecule has 2 N–H and O–H groups in total. The number of aromatic hydroxyl groups is 1. The molecule has 1 aromatic carbocycles. The molecule has 116 valence electrons. The molecule has 22 heavy (non-hydrogen) atoms. The predicted molar refractivity (Wildman–Crippen MR) is 79.3 cm³/mol. The summed E-state index contributed by atoms with van der Waals surface area (Å²) in [6.45, 7) is 1.81. The lowest BCUT2D eigenvalue weighted by Crippen LogP contribution is -2.18.